The summed E-state index contributed by atoms with van der Waals surface area (Å²) >= 11 is 7.76. The quantitative estimate of drug-likeness (QED) is 0.409. The summed E-state index contributed by atoms with van der Waals surface area (Å²) in [5, 5.41) is 6.99. The van der Waals surface area contributed by atoms with E-state index in [0.717, 1.165) is 36.1 Å². The first-order chi connectivity index (χ1) is 15.6. The Balaban J connectivity index is 1.70. The number of benzene rings is 2. The molecule has 2 aromatic carbocycles. The highest BCUT2D eigenvalue weighted by atomic mass is 35.5. The number of halogens is 1. The maximum absolute atomic E-state index is 13.5. The predicted molar refractivity (Wildman–Crippen MR) is 138 cm³/mol. The van der Waals surface area contributed by atoms with Crippen LogP contribution in [-0.2, 0) is 12.8 Å². The number of aryl methyl sites for hydroxylation is 1. The largest absolute Gasteiger partial charge is 0.322 e. The molecular formula is C27H29ClN2O2S. The van der Waals surface area contributed by atoms with E-state index < -0.39 is 0 Å². The summed E-state index contributed by atoms with van der Waals surface area (Å²) < 4.78 is 0. The Kier molecular flexibility index (Phi) is 6.64. The highest BCUT2D eigenvalue weighted by molar-refractivity contribution is 7.17. The fourth-order valence-electron chi connectivity index (χ4n) is 4.39. The van der Waals surface area contributed by atoms with Gasteiger partial charge in [-0.25, -0.2) is 0 Å². The van der Waals surface area contributed by atoms with Crippen molar-refractivity contribution in [3.63, 3.8) is 0 Å². The number of thiophene rings is 1. The van der Waals surface area contributed by atoms with Crippen molar-refractivity contribution < 1.29 is 9.59 Å². The van der Waals surface area contributed by atoms with Crippen LogP contribution >= 0.6 is 22.9 Å². The van der Waals surface area contributed by atoms with E-state index in [4.69, 9.17) is 11.6 Å². The van der Waals surface area contributed by atoms with Crippen LogP contribution in [0.4, 0.5) is 10.7 Å². The number of fused-ring (bicyclic) bond motifs is 1. The molecule has 0 bridgehead atoms. The summed E-state index contributed by atoms with van der Waals surface area (Å²) in [4.78, 5) is 27.7. The molecule has 172 valence electrons. The third kappa shape index (κ3) is 5.15. The second-order valence-corrected chi connectivity index (χ2v) is 11.3. The van der Waals surface area contributed by atoms with Crippen LogP contribution < -0.4 is 10.6 Å². The van der Waals surface area contributed by atoms with Crippen molar-refractivity contribution in [2.24, 2.45) is 11.3 Å². The van der Waals surface area contributed by atoms with E-state index in [1.54, 1.807) is 24.3 Å². The number of hydrogen-bond donors (Lipinski definition) is 2. The fourth-order valence-corrected chi connectivity index (χ4v) is 5.93. The lowest BCUT2D eigenvalue weighted by molar-refractivity contribution is 0.102. The Morgan fingerprint density at radius 1 is 1.03 bits per heavy atom. The number of nitrogens with one attached hydrogen (secondary N) is 2. The van der Waals surface area contributed by atoms with E-state index in [9.17, 15) is 9.59 Å². The van der Waals surface area contributed by atoms with Gasteiger partial charge in [0.05, 0.1) is 16.1 Å². The Hall–Kier alpha value is -2.63. The highest BCUT2D eigenvalue weighted by Crippen LogP contribution is 2.44. The summed E-state index contributed by atoms with van der Waals surface area (Å²) in [6.45, 7) is 8.79. The first-order valence-electron chi connectivity index (χ1n) is 11.2. The minimum atomic E-state index is -0.309. The molecule has 1 aliphatic rings. The van der Waals surface area contributed by atoms with Gasteiger partial charge in [-0.15, -0.1) is 11.3 Å². The lowest BCUT2D eigenvalue weighted by atomic mass is 9.72. The number of amides is 2. The number of carbonyl (C=O) groups excluding carboxylic acids is 2. The van der Waals surface area contributed by atoms with Gasteiger partial charge in [0.1, 0.15) is 5.00 Å². The summed E-state index contributed by atoms with van der Waals surface area (Å²) in [5.74, 6) is 0.0291. The summed E-state index contributed by atoms with van der Waals surface area (Å²) in [6, 6.07) is 14.7. The van der Waals surface area contributed by atoms with Crippen LogP contribution in [0.1, 0.15) is 63.9 Å². The third-order valence-electron chi connectivity index (χ3n) is 6.34. The number of carbonyl (C=O) groups is 2. The van der Waals surface area contributed by atoms with Gasteiger partial charge in [0.2, 0.25) is 0 Å². The molecule has 0 fully saturated rings. The number of rotatable bonds is 4. The van der Waals surface area contributed by atoms with E-state index in [1.807, 2.05) is 31.2 Å². The number of anilines is 2. The smallest absolute Gasteiger partial charge is 0.258 e. The molecule has 0 radical (unpaired) electrons. The molecule has 0 aliphatic heterocycles. The highest BCUT2D eigenvalue weighted by Gasteiger charge is 2.34. The van der Waals surface area contributed by atoms with Crippen molar-refractivity contribution in [3.8, 4) is 0 Å². The van der Waals surface area contributed by atoms with Crippen LogP contribution in [0.25, 0.3) is 0 Å². The molecule has 0 saturated heterocycles. The topological polar surface area (TPSA) is 58.2 Å². The summed E-state index contributed by atoms with van der Waals surface area (Å²) in [5.41, 5.74) is 4.02. The monoisotopic (exact) mass is 480 g/mol. The molecule has 0 spiro atoms. The Bertz CT molecular complexity index is 1210. The first kappa shape index (κ1) is 23.5. The average molecular weight is 481 g/mol. The minimum Gasteiger partial charge on any atom is -0.322 e. The molecule has 6 heteroatoms. The average Bonchev–Trinajstić information content (AvgIpc) is 3.10. The maximum Gasteiger partial charge on any atom is 0.258 e. The van der Waals surface area contributed by atoms with Gasteiger partial charge in [-0.05, 0) is 72.9 Å². The maximum atomic E-state index is 13.5. The lowest BCUT2D eigenvalue weighted by Crippen LogP contribution is -2.27. The molecule has 1 heterocycles. The molecule has 4 rings (SSSR count). The zero-order valence-electron chi connectivity index (χ0n) is 19.4. The van der Waals surface area contributed by atoms with Gasteiger partial charge < -0.3 is 10.6 Å². The zero-order chi connectivity index (χ0) is 23.8. The van der Waals surface area contributed by atoms with E-state index in [1.165, 1.54) is 16.2 Å². The molecule has 1 aromatic heterocycles. The van der Waals surface area contributed by atoms with Crippen LogP contribution in [-0.4, -0.2) is 11.8 Å². The van der Waals surface area contributed by atoms with Crippen molar-refractivity contribution in [1.29, 1.82) is 0 Å². The van der Waals surface area contributed by atoms with Crippen molar-refractivity contribution in [2.45, 2.75) is 47.0 Å². The van der Waals surface area contributed by atoms with Crippen molar-refractivity contribution in [1.82, 2.24) is 0 Å². The molecule has 0 saturated carbocycles. The van der Waals surface area contributed by atoms with E-state index in [-0.39, 0.29) is 17.2 Å². The van der Waals surface area contributed by atoms with Crippen molar-refractivity contribution in [3.05, 3.63) is 80.7 Å². The molecule has 2 amide bonds. The fraction of sp³-hybridized carbons (Fsp3) is 0.333. The van der Waals surface area contributed by atoms with E-state index in [2.05, 4.69) is 31.4 Å². The van der Waals surface area contributed by atoms with Crippen LogP contribution in [0.3, 0.4) is 0 Å². The van der Waals surface area contributed by atoms with Crippen LogP contribution in [0.5, 0.6) is 0 Å². The van der Waals surface area contributed by atoms with Crippen molar-refractivity contribution >= 4 is 45.4 Å². The molecule has 3 aromatic rings. The predicted octanol–water partition coefficient (Wildman–Crippen LogP) is 7.37. The van der Waals surface area contributed by atoms with E-state index >= 15 is 0 Å². The second kappa shape index (κ2) is 9.32. The zero-order valence-corrected chi connectivity index (χ0v) is 21.0. The lowest BCUT2D eigenvalue weighted by Gasteiger charge is -2.33. The first-order valence-corrected chi connectivity index (χ1v) is 12.4. The van der Waals surface area contributed by atoms with Gasteiger partial charge in [-0.1, -0.05) is 56.6 Å². The molecule has 1 aliphatic carbocycles. The Morgan fingerprint density at radius 3 is 2.48 bits per heavy atom. The van der Waals surface area contributed by atoms with Gasteiger partial charge >= 0.3 is 0 Å². The van der Waals surface area contributed by atoms with Gasteiger partial charge in [0.25, 0.3) is 11.8 Å². The Labute approximate surface area is 204 Å². The molecule has 0 unspecified atom stereocenters. The standard InChI is InChI=1S/C27H29ClN2O2S/c1-16-8-7-9-18(14-16)29-25(32)23-20-13-12-17(27(2,3)4)15-22(20)33-26(23)30-24(31)19-10-5-6-11-21(19)28/h5-11,14,17H,12-13,15H2,1-4H3,(H,29,32)(H,30,31)/t17-/m0/s1. The van der Waals surface area contributed by atoms with Gasteiger partial charge in [-0.2, -0.15) is 0 Å². The molecule has 33 heavy (non-hydrogen) atoms. The minimum absolute atomic E-state index is 0.187. The summed E-state index contributed by atoms with van der Waals surface area (Å²) in [6.07, 6.45) is 2.76. The van der Waals surface area contributed by atoms with Gasteiger partial charge in [0.15, 0.2) is 0 Å². The number of hydrogen-bond acceptors (Lipinski definition) is 3. The molecule has 2 N–H and O–H groups in total. The molecule has 1 atom stereocenters. The normalized spacial score (nSPS) is 15.6. The Morgan fingerprint density at radius 2 is 1.79 bits per heavy atom. The van der Waals surface area contributed by atoms with Gasteiger partial charge in [0, 0.05) is 10.6 Å². The molecule has 4 nitrogen and oxygen atoms in total. The van der Waals surface area contributed by atoms with Crippen LogP contribution in [0.2, 0.25) is 5.02 Å². The third-order valence-corrected chi connectivity index (χ3v) is 7.84. The van der Waals surface area contributed by atoms with Crippen molar-refractivity contribution in [2.75, 3.05) is 10.6 Å². The molecular weight excluding hydrogens is 452 g/mol. The van der Waals surface area contributed by atoms with Gasteiger partial charge in [-0.3, -0.25) is 9.59 Å². The van der Waals surface area contributed by atoms with E-state index in [0.29, 0.717) is 27.1 Å². The summed E-state index contributed by atoms with van der Waals surface area (Å²) in [7, 11) is 0. The van der Waals surface area contributed by atoms with Crippen LogP contribution in [0.15, 0.2) is 48.5 Å². The second-order valence-electron chi connectivity index (χ2n) is 9.77. The van der Waals surface area contributed by atoms with Crippen LogP contribution in [0, 0.1) is 18.3 Å². The SMILES string of the molecule is Cc1cccc(NC(=O)c2c(NC(=O)c3ccccc3Cl)sc3c2CC[C@H](C(C)(C)C)C3)c1.